The van der Waals surface area contributed by atoms with E-state index in [0.717, 1.165) is 20.1 Å². The van der Waals surface area contributed by atoms with Crippen molar-refractivity contribution >= 4 is 31.9 Å². The van der Waals surface area contributed by atoms with Gasteiger partial charge in [-0.1, -0.05) is 62.5 Å². The van der Waals surface area contributed by atoms with Crippen LogP contribution in [-0.4, -0.2) is 5.11 Å². The highest BCUT2D eigenvalue weighted by Gasteiger charge is 2.25. The van der Waals surface area contributed by atoms with Gasteiger partial charge in [0, 0.05) is 14.5 Å². The second-order valence-corrected chi connectivity index (χ2v) is 7.10. The first-order valence-electron chi connectivity index (χ1n) is 6.88. The number of hydrogen-bond acceptors (Lipinski definition) is 1. The van der Waals surface area contributed by atoms with Gasteiger partial charge in [0.15, 0.2) is 0 Å². The summed E-state index contributed by atoms with van der Waals surface area (Å²) in [6.45, 7) is 0. The fraction of sp³-hybridized carbons (Fsp3) is 0.294. The first-order valence-corrected chi connectivity index (χ1v) is 8.47. The number of rotatable bonds is 3. The van der Waals surface area contributed by atoms with Crippen molar-refractivity contribution in [2.45, 2.75) is 31.3 Å². The molecule has 3 rings (SSSR count). The Morgan fingerprint density at radius 3 is 2.45 bits per heavy atom. The fourth-order valence-corrected chi connectivity index (χ4v) is 3.58. The standard InChI is InChI=1S/C17H16Br2O/c18-12-8-9-16(19)15(10-12)17(20)14-7-2-1-6-13(14)11-4-3-5-11/h1-2,6-11,17,20H,3-5H2. The van der Waals surface area contributed by atoms with E-state index in [1.807, 2.05) is 30.3 Å². The van der Waals surface area contributed by atoms with Crippen LogP contribution in [0.1, 0.15) is 48.0 Å². The van der Waals surface area contributed by atoms with Gasteiger partial charge in [0.05, 0.1) is 0 Å². The molecule has 1 nitrogen and oxygen atoms in total. The van der Waals surface area contributed by atoms with Crippen LogP contribution in [0.2, 0.25) is 0 Å². The van der Waals surface area contributed by atoms with E-state index < -0.39 is 6.10 Å². The predicted molar refractivity (Wildman–Crippen MR) is 88.9 cm³/mol. The molecule has 1 saturated carbocycles. The Morgan fingerprint density at radius 1 is 1.00 bits per heavy atom. The zero-order valence-corrected chi connectivity index (χ0v) is 14.2. The van der Waals surface area contributed by atoms with Crippen LogP contribution in [0.25, 0.3) is 0 Å². The molecule has 3 heteroatoms. The lowest BCUT2D eigenvalue weighted by atomic mass is 9.77. The van der Waals surface area contributed by atoms with Gasteiger partial charge in [-0.25, -0.2) is 0 Å². The van der Waals surface area contributed by atoms with E-state index in [1.165, 1.54) is 24.8 Å². The van der Waals surface area contributed by atoms with Crippen LogP contribution in [0.5, 0.6) is 0 Å². The zero-order valence-electron chi connectivity index (χ0n) is 11.0. The lowest BCUT2D eigenvalue weighted by molar-refractivity contribution is 0.216. The Labute approximate surface area is 136 Å². The van der Waals surface area contributed by atoms with Crippen molar-refractivity contribution in [1.82, 2.24) is 0 Å². The summed E-state index contributed by atoms with van der Waals surface area (Å²) in [5, 5.41) is 10.8. The van der Waals surface area contributed by atoms with Crippen LogP contribution in [0.15, 0.2) is 51.4 Å². The average Bonchev–Trinajstić information content (AvgIpc) is 2.39. The summed E-state index contributed by atoms with van der Waals surface area (Å²) in [6, 6.07) is 14.2. The van der Waals surface area contributed by atoms with Crippen LogP contribution in [0, 0.1) is 0 Å². The van der Waals surface area contributed by atoms with Crippen molar-refractivity contribution in [1.29, 1.82) is 0 Å². The molecule has 0 heterocycles. The minimum absolute atomic E-state index is 0.585. The first kappa shape index (κ1) is 14.3. The van der Waals surface area contributed by atoms with Gasteiger partial charge in [0.1, 0.15) is 6.10 Å². The lowest BCUT2D eigenvalue weighted by Gasteiger charge is -2.29. The number of benzene rings is 2. The highest BCUT2D eigenvalue weighted by molar-refractivity contribution is 9.11. The molecule has 20 heavy (non-hydrogen) atoms. The minimum atomic E-state index is -0.585. The first-order chi connectivity index (χ1) is 9.66. The molecule has 1 atom stereocenters. The molecule has 0 radical (unpaired) electrons. The lowest BCUT2D eigenvalue weighted by Crippen LogP contribution is -2.13. The van der Waals surface area contributed by atoms with Gasteiger partial charge in [-0.05, 0) is 48.1 Å². The topological polar surface area (TPSA) is 20.2 Å². The van der Waals surface area contributed by atoms with Crippen molar-refractivity contribution in [2.75, 3.05) is 0 Å². The molecule has 1 N–H and O–H groups in total. The van der Waals surface area contributed by atoms with Gasteiger partial charge < -0.3 is 5.11 Å². The van der Waals surface area contributed by atoms with Gasteiger partial charge >= 0.3 is 0 Å². The van der Waals surface area contributed by atoms with Gasteiger partial charge in [-0.2, -0.15) is 0 Å². The monoisotopic (exact) mass is 394 g/mol. The second-order valence-electron chi connectivity index (χ2n) is 5.33. The number of aliphatic hydroxyl groups is 1. The molecule has 104 valence electrons. The Bertz CT molecular complexity index is 620. The van der Waals surface area contributed by atoms with E-state index in [0.29, 0.717) is 5.92 Å². The maximum Gasteiger partial charge on any atom is 0.105 e. The molecule has 2 aromatic carbocycles. The normalized spacial score (nSPS) is 16.8. The molecule has 0 aromatic heterocycles. The number of aliphatic hydroxyl groups excluding tert-OH is 1. The summed E-state index contributed by atoms with van der Waals surface area (Å²) in [7, 11) is 0. The summed E-state index contributed by atoms with van der Waals surface area (Å²) in [5.41, 5.74) is 3.25. The van der Waals surface area contributed by atoms with Crippen LogP contribution in [0.4, 0.5) is 0 Å². The molecule has 1 aliphatic rings. The Morgan fingerprint density at radius 2 is 1.75 bits per heavy atom. The van der Waals surface area contributed by atoms with Gasteiger partial charge in [-0.3, -0.25) is 0 Å². The fourth-order valence-electron chi connectivity index (χ4n) is 2.74. The minimum Gasteiger partial charge on any atom is -0.384 e. The molecule has 0 saturated heterocycles. The average molecular weight is 396 g/mol. The van der Waals surface area contributed by atoms with Crippen molar-refractivity contribution in [2.24, 2.45) is 0 Å². The summed E-state index contributed by atoms with van der Waals surface area (Å²) in [6.07, 6.45) is 3.20. The van der Waals surface area contributed by atoms with Gasteiger partial charge in [-0.15, -0.1) is 0 Å². The van der Waals surface area contributed by atoms with E-state index in [-0.39, 0.29) is 0 Å². The Hall–Kier alpha value is -0.640. The van der Waals surface area contributed by atoms with E-state index in [4.69, 9.17) is 0 Å². The predicted octanol–water partition coefficient (Wildman–Crippen LogP) is 5.56. The molecule has 0 aliphatic heterocycles. The van der Waals surface area contributed by atoms with Gasteiger partial charge in [0.25, 0.3) is 0 Å². The third-order valence-electron chi connectivity index (χ3n) is 4.09. The van der Waals surface area contributed by atoms with Crippen molar-refractivity contribution in [3.63, 3.8) is 0 Å². The molecular formula is C17H16Br2O. The van der Waals surface area contributed by atoms with Crippen molar-refractivity contribution in [3.8, 4) is 0 Å². The highest BCUT2D eigenvalue weighted by atomic mass is 79.9. The molecule has 2 aromatic rings. The van der Waals surface area contributed by atoms with Crippen LogP contribution >= 0.6 is 31.9 Å². The largest absolute Gasteiger partial charge is 0.384 e. The van der Waals surface area contributed by atoms with Crippen LogP contribution in [0.3, 0.4) is 0 Å². The van der Waals surface area contributed by atoms with E-state index in [1.54, 1.807) is 0 Å². The highest BCUT2D eigenvalue weighted by Crippen LogP contribution is 2.41. The van der Waals surface area contributed by atoms with E-state index >= 15 is 0 Å². The maximum absolute atomic E-state index is 10.8. The Kier molecular flexibility index (Phi) is 4.29. The third-order valence-corrected chi connectivity index (χ3v) is 5.30. The van der Waals surface area contributed by atoms with Crippen molar-refractivity contribution in [3.05, 3.63) is 68.1 Å². The van der Waals surface area contributed by atoms with E-state index in [9.17, 15) is 5.11 Å². The molecule has 1 fully saturated rings. The molecule has 1 unspecified atom stereocenters. The Balaban J connectivity index is 2.01. The maximum atomic E-state index is 10.8. The number of hydrogen-bond donors (Lipinski definition) is 1. The van der Waals surface area contributed by atoms with Gasteiger partial charge in [0.2, 0.25) is 0 Å². The summed E-state index contributed by atoms with van der Waals surface area (Å²) < 4.78 is 1.92. The zero-order chi connectivity index (χ0) is 14.1. The summed E-state index contributed by atoms with van der Waals surface area (Å²) in [5.74, 6) is 0.617. The van der Waals surface area contributed by atoms with Crippen LogP contribution in [-0.2, 0) is 0 Å². The third kappa shape index (κ3) is 2.72. The molecular weight excluding hydrogens is 380 g/mol. The SMILES string of the molecule is OC(c1cc(Br)ccc1Br)c1ccccc1C1CCC1. The summed E-state index contributed by atoms with van der Waals surface area (Å²) >= 11 is 7.02. The quantitative estimate of drug-likeness (QED) is 0.721. The van der Waals surface area contributed by atoms with Crippen molar-refractivity contribution < 1.29 is 5.11 Å². The molecule has 0 bridgehead atoms. The molecule has 0 amide bonds. The smallest absolute Gasteiger partial charge is 0.105 e. The van der Waals surface area contributed by atoms with Crippen LogP contribution < -0.4 is 0 Å². The second kappa shape index (κ2) is 6.00. The number of halogens is 2. The van der Waals surface area contributed by atoms with E-state index in [2.05, 4.69) is 44.0 Å². The molecule has 1 aliphatic carbocycles. The summed E-state index contributed by atoms with van der Waals surface area (Å²) in [4.78, 5) is 0. The molecule has 0 spiro atoms.